The number of ether oxygens (including phenoxy) is 1. The van der Waals surface area contributed by atoms with Crippen LogP contribution in [-0.4, -0.2) is 49.3 Å². The molecule has 1 heterocycles. The predicted octanol–water partition coefficient (Wildman–Crippen LogP) is -1.39. The van der Waals surface area contributed by atoms with Gasteiger partial charge in [-0.3, -0.25) is 0 Å². The second-order valence-electron chi connectivity index (χ2n) is 2.73. The van der Waals surface area contributed by atoms with Crippen LogP contribution in [0, 0.1) is 0 Å². The maximum atomic E-state index is 11.0. The molecule has 1 aromatic carbocycles. The van der Waals surface area contributed by atoms with Crippen molar-refractivity contribution in [3.63, 3.8) is 0 Å². The first kappa shape index (κ1) is 10.5. The summed E-state index contributed by atoms with van der Waals surface area (Å²) >= 11 is 0. The van der Waals surface area contributed by atoms with Crippen LogP contribution in [0.25, 0.3) is 0 Å². The molecule has 2 rings (SSSR count). The van der Waals surface area contributed by atoms with Gasteiger partial charge in [0.2, 0.25) is 0 Å². The van der Waals surface area contributed by atoms with Gasteiger partial charge in [-0.05, 0) is 6.07 Å². The third-order valence-electron chi connectivity index (χ3n) is 1.80. The number of carbonyl (C=O) groups excluding carboxylic acids is 2. The van der Waals surface area contributed by atoms with Gasteiger partial charge in [0, 0.05) is 0 Å². The molecule has 0 saturated carbocycles. The first-order valence-corrected chi connectivity index (χ1v) is 3.55. The van der Waals surface area contributed by atoms with Crippen molar-refractivity contribution in [2.75, 3.05) is 0 Å². The molecular weight excluding hydrogens is 178 g/mol. The normalized spacial score (nSPS) is 13.2. The van der Waals surface area contributed by atoms with Crippen LogP contribution in [0.4, 0.5) is 0 Å². The molecule has 0 radical (unpaired) electrons. The van der Waals surface area contributed by atoms with Crippen LogP contribution in [0.1, 0.15) is 20.7 Å². The van der Waals surface area contributed by atoms with Crippen molar-refractivity contribution < 1.29 is 14.3 Å². The molecular formula is C8H6BNaO3. The van der Waals surface area contributed by atoms with E-state index in [9.17, 15) is 9.59 Å². The summed E-state index contributed by atoms with van der Waals surface area (Å²) in [5.41, 5.74) is 1.69. The fraction of sp³-hybridized carbons (Fsp3) is 0. The van der Waals surface area contributed by atoms with Crippen LogP contribution in [-0.2, 0) is 4.74 Å². The standard InChI is InChI=1S/C8H5BO3.Na.H/c9-4-1-2-5-6(3-4)8(11)12-7(5)10;;/h1-3H,9H2;;. The molecule has 60 valence electrons. The fourth-order valence-electron chi connectivity index (χ4n) is 1.20. The fourth-order valence-corrected chi connectivity index (χ4v) is 1.20. The van der Waals surface area contributed by atoms with E-state index in [2.05, 4.69) is 4.74 Å². The third-order valence-corrected chi connectivity index (χ3v) is 1.80. The van der Waals surface area contributed by atoms with Crippen molar-refractivity contribution in [3.8, 4) is 0 Å². The van der Waals surface area contributed by atoms with E-state index in [1.54, 1.807) is 18.2 Å². The minimum atomic E-state index is -0.546. The van der Waals surface area contributed by atoms with E-state index in [0.717, 1.165) is 5.46 Å². The van der Waals surface area contributed by atoms with E-state index >= 15 is 0 Å². The summed E-state index contributed by atoms with van der Waals surface area (Å²) in [5.74, 6) is -1.09. The number of hydrogen-bond acceptors (Lipinski definition) is 3. The van der Waals surface area contributed by atoms with Crippen molar-refractivity contribution in [1.29, 1.82) is 0 Å². The molecule has 3 nitrogen and oxygen atoms in total. The Bertz CT molecular complexity index is 389. The molecule has 1 aliphatic rings. The Kier molecular flexibility index (Phi) is 2.96. The van der Waals surface area contributed by atoms with Crippen molar-refractivity contribution in [1.82, 2.24) is 0 Å². The summed E-state index contributed by atoms with van der Waals surface area (Å²) in [5, 5.41) is 0. The van der Waals surface area contributed by atoms with E-state index in [1.807, 2.05) is 7.85 Å². The Hall–Kier alpha value is -0.575. The van der Waals surface area contributed by atoms with Gasteiger partial charge in [0.1, 0.15) is 7.85 Å². The first-order chi connectivity index (χ1) is 5.68. The average Bonchev–Trinajstić information content (AvgIpc) is 2.28. The van der Waals surface area contributed by atoms with E-state index in [1.165, 1.54) is 0 Å². The van der Waals surface area contributed by atoms with Crippen LogP contribution in [0.3, 0.4) is 0 Å². The Balaban J connectivity index is 0.000000845. The van der Waals surface area contributed by atoms with Gasteiger partial charge in [0.05, 0.1) is 11.1 Å². The van der Waals surface area contributed by atoms with Crippen LogP contribution in [0.15, 0.2) is 18.2 Å². The minimum absolute atomic E-state index is 0. The summed E-state index contributed by atoms with van der Waals surface area (Å²) in [7, 11) is 1.86. The van der Waals surface area contributed by atoms with Gasteiger partial charge in [0.15, 0.2) is 0 Å². The van der Waals surface area contributed by atoms with E-state index in [0.29, 0.717) is 11.1 Å². The molecule has 0 aromatic heterocycles. The summed E-state index contributed by atoms with van der Waals surface area (Å²) in [4.78, 5) is 21.9. The molecule has 0 saturated heterocycles. The number of benzene rings is 1. The van der Waals surface area contributed by atoms with Gasteiger partial charge in [0.25, 0.3) is 0 Å². The predicted molar refractivity (Wildman–Crippen MR) is 51.5 cm³/mol. The number of rotatable bonds is 0. The quantitative estimate of drug-likeness (QED) is 0.283. The molecule has 0 atom stereocenters. The van der Waals surface area contributed by atoms with Gasteiger partial charge >= 0.3 is 41.5 Å². The number of cyclic esters (lactones) is 2. The van der Waals surface area contributed by atoms with Gasteiger partial charge in [-0.15, -0.1) is 0 Å². The van der Waals surface area contributed by atoms with Crippen molar-refractivity contribution in [2.24, 2.45) is 0 Å². The molecule has 5 heteroatoms. The molecule has 0 fully saturated rings. The molecule has 0 amide bonds. The zero-order chi connectivity index (χ0) is 8.72. The molecule has 13 heavy (non-hydrogen) atoms. The van der Waals surface area contributed by atoms with E-state index in [-0.39, 0.29) is 29.6 Å². The second kappa shape index (κ2) is 3.66. The van der Waals surface area contributed by atoms with Gasteiger partial charge < -0.3 is 4.74 Å². The van der Waals surface area contributed by atoms with E-state index in [4.69, 9.17) is 0 Å². The number of carbonyl (C=O) groups is 2. The maximum absolute atomic E-state index is 11.0. The summed E-state index contributed by atoms with van der Waals surface area (Å²) in [6.45, 7) is 0. The molecule has 0 spiro atoms. The van der Waals surface area contributed by atoms with Crippen LogP contribution < -0.4 is 5.46 Å². The van der Waals surface area contributed by atoms with Crippen LogP contribution in [0.5, 0.6) is 0 Å². The third kappa shape index (κ3) is 1.70. The zero-order valence-electron chi connectivity index (χ0n) is 6.46. The van der Waals surface area contributed by atoms with Crippen molar-refractivity contribution in [3.05, 3.63) is 29.3 Å². The SMILES string of the molecule is Bc1ccc2c(c1)C(=O)OC2=O.[NaH]. The zero-order valence-corrected chi connectivity index (χ0v) is 6.46. The van der Waals surface area contributed by atoms with Crippen molar-refractivity contribution in [2.45, 2.75) is 0 Å². The molecule has 0 unspecified atom stereocenters. The van der Waals surface area contributed by atoms with Gasteiger partial charge in [-0.1, -0.05) is 17.6 Å². The molecule has 0 bridgehead atoms. The topological polar surface area (TPSA) is 43.4 Å². The first-order valence-electron chi connectivity index (χ1n) is 3.55. The Morgan fingerprint density at radius 1 is 1.08 bits per heavy atom. The molecule has 0 N–H and O–H groups in total. The summed E-state index contributed by atoms with van der Waals surface area (Å²) < 4.78 is 4.41. The van der Waals surface area contributed by atoms with Gasteiger partial charge in [-0.2, -0.15) is 0 Å². The second-order valence-corrected chi connectivity index (χ2v) is 2.73. The molecule has 0 aliphatic carbocycles. The monoisotopic (exact) mass is 184 g/mol. The van der Waals surface area contributed by atoms with Crippen molar-refractivity contribution >= 4 is 54.8 Å². The number of hydrogen-bond donors (Lipinski definition) is 0. The van der Waals surface area contributed by atoms with Crippen LogP contribution >= 0.6 is 0 Å². The molecule has 1 aliphatic heterocycles. The molecule has 1 aromatic rings. The Morgan fingerprint density at radius 3 is 2.38 bits per heavy atom. The van der Waals surface area contributed by atoms with E-state index < -0.39 is 11.9 Å². The summed E-state index contributed by atoms with van der Waals surface area (Å²) in [6.07, 6.45) is 0. The number of fused-ring (bicyclic) bond motifs is 1. The van der Waals surface area contributed by atoms with Gasteiger partial charge in [-0.25, -0.2) is 9.59 Å². The Labute approximate surface area is 98.2 Å². The number of esters is 2. The Morgan fingerprint density at radius 2 is 1.69 bits per heavy atom. The summed E-state index contributed by atoms with van der Waals surface area (Å²) in [6, 6.07) is 5.04. The average molecular weight is 184 g/mol. The van der Waals surface area contributed by atoms with Crippen LogP contribution in [0.2, 0.25) is 0 Å².